The van der Waals surface area contributed by atoms with Crippen LogP contribution in [0.4, 0.5) is 10.1 Å². The molecule has 1 aliphatic heterocycles. The van der Waals surface area contributed by atoms with Crippen LogP contribution in [0.3, 0.4) is 0 Å². The summed E-state index contributed by atoms with van der Waals surface area (Å²) in [7, 11) is 0. The second-order valence-electron chi connectivity index (χ2n) is 6.42. The van der Waals surface area contributed by atoms with Crippen LogP contribution >= 0.6 is 15.9 Å². The van der Waals surface area contributed by atoms with E-state index < -0.39 is 0 Å². The number of hydrogen-bond acceptors (Lipinski definition) is 3. The second-order valence-corrected chi connectivity index (χ2v) is 7.34. The Morgan fingerprint density at radius 3 is 2.50 bits per heavy atom. The lowest BCUT2D eigenvalue weighted by Gasteiger charge is -2.36. The van der Waals surface area contributed by atoms with Crippen molar-refractivity contribution in [3.05, 3.63) is 64.4 Å². The number of nitrogens with one attached hydrogen (secondary N) is 1. The SMILES string of the molecule is O=C(NCCCN1CCN(c2ccc(F)cc2)CC1)c1cccc(Br)c1. The van der Waals surface area contributed by atoms with Gasteiger partial charge in [0.15, 0.2) is 0 Å². The molecule has 6 heteroatoms. The van der Waals surface area contributed by atoms with E-state index in [4.69, 9.17) is 0 Å². The lowest BCUT2D eigenvalue weighted by Crippen LogP contribution is -2.47. The highest BCUT2D eigenvalue weighted by atomic mass is 79.9. The first-order chi connectivity index (χ1) is 12.6. The summed E-state index contributed by atoms with van der Waals surface area (Å²) in [6.07, 6.45) is 0.927. The maximum absolute atomic E-state index is 13.0. The molecule has 2 aromatic rings. The van der Waals surface area contributed by atoms with E-state index in [2.05, 4.69) is 31.0 Å². The summed E-state index contributed by atoms with van der Waals surface area (Å²) < 4.78 is 13.9. The normalized spacial score (nSPS) is 15.1. The third-order valence-corrected chi connectivity index (χ3v) is 5.08. The van der Waals surface area contributed by atoms with Crippen molar-refractivity contribution in [3.63, 3.8) is 0 Å². The second kappa shape index (κ2) is 9.14. The van der Waals surface area contributed by atoms with Crippen molar-refractivity contribution in [2.24, 2.45) is 0 Å². The van der Waals surface area contributed by atoms with E-state index in [1.807, 2.05) is 36.4 Å². The van der Waals surface area contributed by atoms with Crippen LogP contribution in [0.5, 0.6) is 0 Å². The van der Waals surface area contributed by atoms with Gasteiger partial charge in [-0.25, -0.2) is 4.39 Å². The lowest BCUT2D eigenvalue weighted by molar-refractivity contribution is 0.0951. The largest absolute Gasteiger partial charge is 0.369 e. The van der Waals surface area contributed by atoms with E-state index in [0.29, 0.717) is 12.1 Å². The Labute approximate surface area is 162 Å². The first-order valence-electron chi connectivity index (χ1n) is 8.88. The van der Waals surface area contributed by atoms with Crippen LogP contribution in [-0.4, -0.2) is 50.1 Å². The monoisotopic (exact) mass is 419 g/mol. The predicted molar refractivity (Wildman–Crippen MR) is 106 cm³/mol. The predicted octanol–water partition coefficient (Wildman–Crippen LogP) is 3.53. The molecule has 1 aliphatic rings. The minimum atomic E-state index is -0.197. The zero-order valence-corrected chi connectivity index (χ0v) is 16.2. The summed E-state index contributed by atoms with van der Waals surface area (Å²) in [5.41, 5.74) is 1.75. The zero-order valence-electron chi connectivity index (χ0n) is 14.6. The number of rotatable bonds is 6. The summed E-state index contributed by atoms with van der Waals surface area (Å²) in [5.74, 6) is -0.232. The van der Waals surface area contributed by atoms with Gasteiger partial charge in [0.1, 0.15) is 5.82 Å². The van der Waals surface area contributed by atoms with E-state index in [-0.39, 0.29) is 11.7 Å². The molecule has 1 saturated heterocycles. The quantitative estimate of drug-likeness (QED) is 0.727. The van der Waals surface area contributed by atoms with Crippen molar-refractivity contribution < 1.29 is 9.18 Å². The van der Waals surface area contributed by atoms with E-state index >= 15 is 0 Å². The van der Waals surface area contributed by atoms with Gasteiger partial charge in [0.25, 0.3) is 5.91 Å². The van der Waals surface area contributed by atoms with Gasteiger partial charge in [-0.2, -0.15) is 0 Å². The fraction of sp³-hybridized carbons (Fsp3) is 0.350. The van der Waals surface area contributed by atoms with Gasteiger partial charge in [-0.1, -0.05) is 22.0 Å². The third-order valence-electron chi connectivity index (χ3n) is 4.59. The van der Waals surface area contributed by atoms with Gasteiger partial charge >= 0.3 is 0 Å². The number of carbonyl (C=O) groups is 1. The van der Waals surface area contributed by atoms with Gasteiger partial charge in [0.05, 0.1) is 0 Å². The summed E-state index contributed by atoms with van der Waals surface area (Å²) in [6.45, 7) is 5.49. The molecule has 26 heavy (non-hydrogen) atoms. The van der Waals surface area contributed by atoms with Crippen LogP contribution in [0.2, 0.25) is 0 Å². The summed E-state index contributed by atoms with van der Waals surface area (Å²) in [5, 5.41) is 2.97. The van der Waals surface area contributed by atoms with Crippen molar-refractivity contribution in [1.29, 1.82) is 0 Å². The highest BCUT2D eigenvalue weighted by Crippen LogP contribution is 2.17. The molecular formula is C20H23BrFN3O. The highest BCUT2D eigenvalue weighted by molar-refractivity contribution is 9.10. The van der Waals surface area contributed by atoms with Gasteiger partial charge in [0.2, 0.25) is 0 Å². The highest BCUT2D eigenvalue weighted by Gasteiger charge is 2.16. The molecule has 1 N–H and O–H groups in total. The third kappa shape index (κ3) is 5.29. The molecule has 138 valence electrons. The van der Waals surface area contributed by atoms with Crippen molar-refractivity contribution >= 4 is 27.5 Å². The topological polar surface area (TPSA) is 35.6 Å². The Morgan fingerprint density at radius 1 is 1.08 bits per heavy atom. The smallest absolute Gasteiger partial charge is 0.251 e. The molecule has 0 aromatic heterocycles. The van der Waals surface area contributed by atoms with Crippen LogP contribution in [0.15, 0.2) is 53.0 Å². The number of amides is 1. The first kappa shape index (κ1) is 18.9. The Bertz CT molecular complexity index is 730. The number of nitrogens with zero attached hydrogens (tertiary/aromatic N) is 2. The minimum Gasteiger partial charge on any atom is -0.369 e. The minimum absolute atomic E-state index is 0.0348. The molecule has 0 bridgehead atoms. The molecule has 1 heterocycles. The van der Waals surface area contributed by atoms with Gasteiger partial charge in [-0.05, 0) is 55.4 Å². The number of hydrogen-bond donors (Lipinski definition) is 1. The van der Waals surface area contributed by atoms with Gasteiger partial charge in [0, 0.05) is 48.4 Å². The van der Waals surface area contributed by atoms with Gasteiger partial charge in [-0.15, -0.1) is 0 Å². The average molecular weight is 420 g/mol. The number of benzene rings is 2. The average Bonchev–Trinajstić information content (AvgIpc) is 2.66. The maximum Gasteiger partial charge on any atom is 0.251 e. The molecule has 0 spiro atoms. The standard InChI is InChI=1S/C20H23BrFN3O/c21-17-4-1-3-16(15-17)20(26)23-9-2-10-24-11-13-25(14-12-24)19-7-5-18(22)6-8-19/h1,3-8,15H,2,9-14H2,(H,23,26). The molecule has 1 amide bonds. The summed E-state index contributed by atoms with van der Waals surface area (Å²) in [6, 6.07) is 14.1. The Morgan fingerprint density at radius 2 is 1.81 bits per heavy atom. The van der Waals surface area contributed by atoms with Crippen LogP contribution in [0.1, 0.15) is 16.8 Å². The summed E-state index contributed by atoms with van der Waals surface area (Å²) in [4.78, 5) is 16.8. The van der Waals surface area contributed by atoms with Crippen LogP contribution < -0.4 is 10.2 Å². The first-order valence-corrected chi connectivity index (χ1v) is 9.68. The van der Waals surface area contributed by atoms with Gasteiger partial charge < -0.3 is 10.2 Å². The lowest BCUT2D eigenvalue weighted by atomic mass is 10.2. The molecule has 3 rings (SSSR count). The fourth-order valence-electron chi connectivity index (χ4n) is 3.12. The molecule has 0 saturated carbocycles. The Kier molecular flexibility index (Phi) is 6.63. The van der Waals surface area contributed by atoms with E-state index in [1.54, 1.807) is 0 Å². The van der Waals surface area contributed by atoms with Crippen molar-refractivity contribution in [1.82, 2.24) is 10.2 Å². The summed E-state index contributed by atoms with van der Waals surface area (Å²) >= 11 is 3.38. The van der Waals surface area contributed by atoms with Crippen molar-refractivity contribution in [2.75, 3.05) is 44.2 Å². The zero-order chi connectivity index (χ0) is 18.4. The molecule has 2 aromatic carbocycles. The molecule has 1 fully saturated rings. The molecule has 0 radical (unpaired) electrons. The van der Waals surface area contributed by atoms with Crippen molar-refractivity contribution in [3.8, 4) is 0 Å². The Hall–Kier alpha value is -1.92. The maximum atomic E-state index is 13.0. The molecule has 4 nitrogen and oxygen atoms in total. The number of piperazine rings is 1. The van der Waals surface area contributed by atoms with Crippen molar-refractivity contribution in [2.45, 2.75) is 6.42 Å². The van der Waals surface area contributed by atoms with E-state index in [1.165, 1.54) is 12.1 Å². The number of halogens is 2. The van der Waals surface area contributed by atoms with Crippen LogP contribution in [0.25, 0.3) is 0 Å². The molecule has 0 unspecified atom stereocenters. The van der Waals surface area contributed by atoms with Gasteiger partial charge in [-0.3, -0.25) is 9.69 Å². The molecular weight excluding hydrogens is 397 g/mol. The van der Waals surface area contributed by atoms with Crippen LogP contribution in [-0.2, 0) is 0 Å². The number of anilines is 1. The van der Waals surface area contributed by atoms with E-state index in [9.17, 15) is 9.18 Å². The molecule has 0 aliphatic carbocycles. The van der Waals surface area contributed by atoms with Crippen LogP contribution in [0, 0.1) is 5.82 Å². The molecule has 0 atom stereocenters. The van der Waals surface area contributed by atoms with E-state index in [0.717, 1.165) is 49.3 Å². The number of carbonyl (C=O) groups excluding carboxylic acids is 1. The fourth-order valence-corrected chi connectivity index (χ4v) is 3.52. The Balaban J connectivity index is 1.35.